The van der Waals surface area contributed by atoms with Crippen molar-refractivity contribution in [2.24, 2.45) is 9.98 Å². The third-order valence-corrected chi connectivity index (χ3v) is 5.39. The average molecular weight is 655 g/mol. The van der Waals surface area contributed by atoms with E-state index in [1.165, 1.54) is 24.3 Å². The quantitative estimate of drug-likeness (QED) is 0.163. The molecule has 0 aromatic heterocycles. The molecular formula is C31H36N2NiO8S. The number of hydrogen-bond donors (Lipinski definition) is 2. The van der Waals surface area contributed by atoms with Gasteiger partial charge in [0.1, 0.15) is 11.5 Å². The summed E-state index contributed by atoms with van der Waals surface area (Å²) in [7, 11) is -0.611. The van der Waals surface area contributed by atoms with E-state index in [1.807, 2.05) is 60.7 Å². The molecule has 0 bridgehead atoms. The van der Waals surface area contributed by atoms with Gasteiger partial charge in [-0.1, -0.05) is 72.2 Å². The molecule has 4 aromatic rings. The first-order chi connectivity index (χ1) is 18.8. The van der Waals surface area contributed by atoms with E-state index in [9.17, 15) is 24.6 Å². The van der Waals surface area contributed by atoms with Crippen LogP contribution in [0.25, 0.3) is 0 Å². The van der Waals surface area contributed by atoms with Crippen LogP contribution in [0.1, 0.15) is 28.7 Å². The molecule has 0 amide bonds. The van der Waals surface area contributed by atoms with Crippen molar-refractivity contribution in [1.29, 1.82) is 0 Å². The van der Waals surface area contributed by atoms with Gasteiger partial charge < -0.3 is 36.9 Å². The number of rotatable bonds is 8. The third-order valence-electron chi connectivity index (χ3n) is 5.39. The number of aliphatic imine (C=N–C) groups is 2. The maximum absolute atomic E-state index is 12.5. The van der Waals surface area contributed by atoms with E-state index in [4.69, 9.17) is 9.98 Å². The molecule has 0 fully saturated rings. The molecule has 0 atom stereocenters. The first kappa shape index (κ1) is 41.1. The Hall–Kier alpha value is -4.06. The second kappa shape index (κ2) is 20.8. The van der Waals surface area contributed by atoms with Gasteiger partial charge in [-0.15, -0.1) is 0 Å². The summed E-state index contributed by atoms with van der Waals surface area (Å²) >= 11 is 0. The number of aromatic hydroxyl groups is 2. The molecule has 10 nitrogen and oxygen atoms in total. The van der Waals surface area contributed by atoms with Crippen molar-refractivity contribution in [1.82, 2.24) is 0 Å². The Morgan fingerprint density at radius 3 is 1.28 bits per heavy atom. The molecular weight excluding hydrogens is 619 g/mol. The Morgan fingerprint density at radius 2 is 0.977 bits per heavy atom. The van der Waals surface area contributed by atoms with Crippen molar-refractivity contribution in [2.75, 3.05) is 25.6 Å². The predicted molar refractivity (Wildman–Crippen MR) is 164 cm³/mol. The second-order valence-corrected chi connectivity index (χ2v) is 10.1. The van der Waals surface area contributed by atoms with E-state index < -0.39 is 10.8 Å². The smallest absolute Gasteiger partial charge is 0.872 e. The minimum absolute atomic E-state index is 0. The van der Waals surface area contributed by atoms with Crippen LogP contribution in [-0.4, -0.2) is 67.9 Å². The van der Waals surface area contributed by atoms with Crippen molar-refractivity contribution in [3.05, 3.63) is 119 Å². The summed E-state index contributed by atoms with van der Waals surface area (Å²) < 4.78 is 9.56. The topological polar surface area (TPSA) is 223 Å². The molecule has 43 heavy (non-hydrogen) atoms. The van der Waals surface area contributed by atoms with E-state index in [1.54, 1.807) is 24.6 Å². The molecule has 4 rings (SSSR count). The van der Waals surface area contributed by atoms with Crippen LogP contribution in [0, 0.1) is 0 Å². The third kappa shape index (κ3) is 12.8. The summed E-state index contributed by atoms with van der Waals surface area (Å²) in [5, 5.41) is 44.2. The maximum Gasteiger partial charge on any atom is 2.00 e. The maximum atomic E-state index is 12.5. The molecule has 0 aliphatic carbocycles. The Kier molecular flexibility index (Phi) is 19.8. The first-order valence-electron chi connectivity index (χ1n) is 12.2. The normalized spacial score (nSPS) is 10.6. The molecule has 0 radical (unpaired) electrons. The van der Waals surface area contributed by atoms with Gasteiger partial charge in [-0.2, -0.15) is 0 Å². The van der Waals surface area contributed by atoms with Crippen LogP contribution in [0.5, 0.6) is 23.0 Å². The van der Waals surface area contributed by atoms with Crippen molar-refractivity contribution >= 4 is 22.2 Å². The van der Waals surface area contributed by atoms with Crippen molar-refractivity contribution in [3.63, 3.8) is 0 Å². The molecule has 234 valence electrons. The van der Waals surface area contributed by atoms with Gasteiger partial charge in [-0.25, -0.2) is 0 Å². The van der Waals surface area contributed by atoms with Gasteiger partial charge in [0.05, 0.1) is 11.4 Å². The summed E-state index contributed by atoms with van der Waals surface area (Å²) in [4.78, 5) is 9.39. The Labute approximate surface area is 263 Å². The Morgan fingerprint density at radius 1 is 0.651 bits per heavy atom. The zero-order valence-corrected chi connectivity index (χ0v) is 25.4. The molecule has 0 saturated heterocycles. The zero-order valence-electron chi connectivity index (χ0n) is 23.6. The van der Waals surface area contributed by atoms with Gasteiger partial charge in [0, 0.05) is 47.5 Å². The van der Waals surface area contributed by atoms with Gasteiger partial charge in [0.2, 0.25) is 0 Å². The van der Waals surface area contributed by atoms with Crippen molar-refractivity contribution < 1.29 is 57.6 Å². The fourth-order valence-corrected chi connectivity index (χ4v) is 3.72. The number of phenols is 2. The van der Waals surface area contributed by atoms with Crippen LogP contribution in [0.15, 0.2) is 107 Å². The summed E-state index contributed by atoms with van der Waals surface area (Å²) in [5.41, 5.74) is 3.57. The molecule has 0 saturated carbocycles. The van der Waals surface area contributed by atoms with E-state index in [0.717, 1.165) is 11.1 Å². The van der Waals surface area contributed by atoms with Crippen LogP contribution in [0.2, 0.25) is 0 Å². The minimum atomic E-state index is -0.611. The number of nitrogens with zero attached hydrogens (tertiary/aromatic N) is 2. The zero-order chi connectivity index (χ0) is 28.2. The van der Waals surface area contributed by atoms with Gasteiger partial charge >= 0.3 is 16.5 Å². The summed E-state index contributed by atoms with van der Waals surface area (Å²) in [6.45, 7) is 0.825. The molecule has 0 aliphatic heterocycles. The standard InChI is InChI=1S/C29H26N2O4.C2H6OS.Ni.3H2O/c32-22-12-14-24(26(34)18-22)28(20-8-3-1-4-9-20)30-16-7-17-31-29(21-10-5-2-6-11-21)25-15-13-23(33)19-27(25)35;1-4(2)3;;;;/h1-6,8-15,18-19,32-35H,7,16-17H2;1-2H3;;3*1H2/q;;+2;;;/p-2. The summed E-state index contributed by atoms with van der Waals surface area (Å²) in [5.74, 6) is -0.763. The van der Waals surface area contributed by atoms with E-state index in [2.05, 4.69) is 0 Å². The number of benzene rings is 4. The fraction of sp³-hybridized carbons (Fsp3) is 0.161. The van der Waals surface area contributed by atoms with Crippen LogP contribution in [-0.2, 0) is 27.3 Å². The largest absolute Gasteiger partial charge is 2.00 e. The molecule has 8 N–H and O–H groups in total. The van der Waals surface area contributed by atoms with E-state index >= 15 is 0 Å². The second-order valence-electron chi connectivity index (χ2n) is 8.65. The predicted octanol–water partition coefficient (Wildman–Crippen LogP) is 1.53. The minimum Gasteiger partial charge on any atom is -0.872 e. The van der Waals surface area contributed by atoms with E-state index in [-0.39, 0.29) is 55.9 Å². The van der Waals surface area contributed by atoms with Crippen LogP contribution < -0.4 is 10.2 Å². The summed E-state index contributed by atoms with van der Waals surface area (Å²) in [6, 6.07) is 27.3. The van der Waals surface area contributed by atoms with Crippen LogP contribution in [0.3, 0.4) is 0 Å². The number of phenolic OH excluding ortho intramolecular Hbond substituents is 2. The molecule has 0 heterocycles. The van der Waals surface area contributed by atoms with Gasteiger partial charge in [0.15, 0.2) is 0 Å². The Balaban J connectivity index is 0. The summed E-state index contributed by atoms with van der Waals surface area (Å²) in [6.07, 6.45) is 3.87. The van der Waals surface area contributed by atoms with Crippen molar-refractivity contribution in [2.45, 2.75) is 6.42 Å². The van der Waals surface area contributed by atoms with Gasteiger partial charge in [-0.3, -0.25) is 14.2 Å². The first-order valence-corrected chi connectivity index (χ1v) is 14.2. The molecule has 0 spiro atoms. The monoisotopic (exact) mass is 654 g/mol. The SMILES string of the molecule is CS(C)=O.O.O.O.[Ni+2].[O-]c1cc(O)ccc1C(=NCCCN=C(c1ccccc1)c1ccc(O)cc1[O-])c1ccccc1. The van der Waals surface area contributed by atoms with Gasteiger partial charge in [-0.05, 0) is 53.9 Å². The molecule has 0 aliphatic rings. The fourth-order valence-electron chi connectivity index (χ4n) is 3.72. The van der Waals surface area contributed by atoms with Gasteiger partial charge in [0.25, 0.3) is 0 Å². The average Bonchev–Trinajstić information content (AvgIpc) is 2.90. The van der Waals surface area contributed by atoms with Crippen molar-refractivity contribution in [3.8, 4) is 23.0 Å². The van der Waals surface area contributed by atoms with Crippen LogP contribution >= 0.6 is 0 Å². The molecule has 0 unspecified atom stereocenters. The molecule has 12 heteroatoms. The van der Waals surface area contributed by atoms with E-state index in [0.29, 0.717) is 42.1 Å². The Bertz CT molecular complexity index is 1360. The number of hydrogen-bond acceptors (Lipinski definition) is 7. The molecule has 4 aromatic carbocycles. The van der Waals surface area contributed by atoms with Crippen LogP contribution in [0.4, 0.5) is 0 Å².